The zero-order valence-electron chi connectivity index (χ0n) is 18.8. The summed E-state index contributed by atoms with van der Waals surface area (Å²) in [7, 11) is 0. The molecule has 8 nitrogen and oxygen atoms in total. The molecule has 0 radical (unpaired) electrons. The van der Waals surface area contributed by atoms with Crippen LogP contribution in [-0.4, -0.2) is 26.6 Å². The number of hydrogen-bond acceptors (Lipinski definition) is 5. The Morgan fingerprint density at radius 2 is 1.86 bits per heavy atom. The summed E-state index contributed by atoms with van der Waals surface area (Å²) >= 11 is 5.90. The Hall–Kier alpha value is -4.50. The third kappa shape index (κ3) is 5.07. The van der Waals surface area contributed by atoms with E-state index in [1.807, 2.05) is 6.07 Å². The molecule has 0 bridgehead atoms. The van der Waals surface area contributed by atoms with Crippen LogP contribution in [0.25, 0.3) is 10.9 Å². The molecule has 13 heteroatoms. The average molecular weight is 531 g/mol. The molecule has 2 heterocycles. The molecule has 0 atom stereocenters. The first-order chi connectivity index (χ1) is 17.4. The second-order valence-electron chi connectivity index (χ2n) is 7.93. The van der Waals surface area contributed by atoms with E-state index >= 15 is 0 Å². The highest BCUT2D eigenvalue weighted by Gasteiger charge is 2.39. The number of anilines is 1. The van der Waals surface area contributed by atoms with Gasteiger partial charge in [-0.15, -0.1) is 0 Å². The molecule has 188 valence electrons. The second-order valence-corrected chi connectivity index (χ2v) is 8.37. The number of fused-ring (bicyclic) bond motifs is 1. The number of nitrogens with two attached hydrogens (primary N) is 1. The summed E-state index contributed by atoms with van der Waals surface area (Å²) in [6.07, 6.45) is -4.93. The Kier molecular flexibility index (Phi) is 6.58. The van der Waals surface area contributed by atoms with E-state index in [4.69, 9.17) is 22.6 Å². The maximum absolute atomic E-state index is 14.5. The van der Waals surface area contributed by atoms with Gasteiger partial charge in [0.1, 0.15) is 11.2 Å². The van der Waals surface area contributed by atoms with Crippen molar-refractivity contribution in [3.63, 3.8) is 0 Å². The molecular weight excluding hydrogens is 516 g/mol. The third-order valence-electron chi connectivity index (χ3n) is 5.46. The van der Waals surface area contributed by atoms with Gasteiger partial charge in [0.05, 0.1) is 35.1 Å². The summed E-state index contributed by atoms with van der Waals surface area (Å²) in [5, 5.41) is 14.5. The lowest BCUT2D eigenvalue weighted by Crippen LogP contribution is -2.19. The number of alkyl halides is 3. The molecule has 0 spiro atoms. The molecule has 3 N–H and O–H groups in total. The van der Waals surface area contributed by atoms with Crippen LogP contribution in [0.4, 0.5) is 23.2 Å². The number of rotatable bonds is 5. The Bertz CT molecular complexity index is 1610. The van der Waals surface area contributed by atoms with E-state index < -0.39 is 46.4 Å². The van der Waals surface area contributed by atoms with Gasteiger partial charge in [0.15, 0.2) is 11.5 Å². The molecule has 37 heavy (non-hydrogen) atoms. The predicted molar refractivity (Wildman–Crippen MR) is 125 cm³/mol. The van der Waals surface area contributed by atoms with E-state index in [1.165, 1.54) is 25.1 Å². The molecule has 0 aliphatic carbocycles. The molecule has 0 saturated carbocycles. The fraction of sp³-hybridized carbons (Fsp3) is 0.125. The predicted octanol–water partition coefficient (Wildman–Crippen LogP) is 4.82. The fourth-order valence-corrected chi connectivity index (χ4v) is 3.86. The third-order valence-corrected chi connectivity index (χ3v) is 5.68. The molecule has 0 saturated heterocycles. The number of halogens is 5. The van der Waals surface area contributed by atoms with Crippen LogP contribution in [0.2, 0.25) is 5.02 Å². The molecular formula is C24H15ClF4N6O2. The Balaban J connectivity index is 1.80. The van der Waals surface area contributed by atoms with Crippen LogP contribution in [0, 0.1) is 24.1 Å². The number of primary amides is 1. The van der Waals surface area contributed by atoms with Gasteiger partial charge in [-0.2, -0.15) is 23.5 Å². The number of carbonyl (C=O) groups is 2. The van der Waals surface area contributed by atoms with Crippen LogP contribution >= 0.6 is 11.6 Å². The minimum absolute atomic E-state index is 0.0252. The van der Waals surface area contributed by atoms with Gasteiger partial charge in [-0.25, -0.2) is 9.37 Å². The number of nitrogens with zero attached hydrogens (tertiary/aromatic N) is 4. The number of benzene rings is 2. The first kappa shape index (κ1) is 25.6. The summed E-state index contributed by atoms with van der Waals surface area (Å²) in [5.74, 6) is -3.13. The van der Waals surface area contributed by atoms with Crippen LogP contribution in [-0.2, 0) is 12.7 Å². The van der Waals surface area contributed by atoms with E-state index in [1.54, 1.807) is 12.1 Å². The van der Waals surface area contributed by atoms with E-state index in [-0.39, 0.29) is 28.2 Å². The molecule has 4 rings (SSSR count). The van der Waals surface area contributed by atoms with Gasteiger partial charge in [0, 0.05) is 10.4 Å². The second kappa shape index (κ2) is 9.51. The quantitative estimate of drug-likeness (QED) is 0.358. The Labute approximate surface area is 211 Å². The SMILES string of the molecule is Cc1c(NC(=O)c2cc(C(N)=O)nc3c(F)cc(Cl)cc23)c(C(F)(F)F)nn1Cc1ccc(C#N)cc1. The lowest BCUT2D eigenvalue weighted by atomic mass is 10.1. The minimum Gasteiger partial charge on any atom is -0.364 e. The minimum atomic E-state index is -4.93. The van der Waals surface area contributed by atoms with Crippen molar-refractivity contribution in [2.75, 3.05) is 5.32 Å². The largest absolute Gasteiger partial charge is 0.437 e. The number of aromatic nitrogens is 3. The highest BCUT2D eigenvalue weighted by atomic mass is 35.5. The highest BCUT2D eigenvalue weighted by molar-refractivity contribution is 6.31. The summed E-state index contributed by atoms with van der Waals surface area (Å²) in [6, 6.07) is 11.1. The van der Waals surface area contributed by atoms with E-state index in [0.29, 0.717) is 11.1 Å². The first-order valence-corrected chi connectivity index (χ1v) is 10.8. The summed E-state index contributed by atoms with van der Waals surface area (Å²) in [4.78, 5) is 28.7. The topological polar surface area (TPSA) is 127 Å². The highest BCUT2D eigenvalue weighted by Crippen LogP contribution is 2.37. The normalized spacial score (nSPS) is 11.4. The van der Waals surface area contributed by atoms with Crippen LogP contribution in [0.15, 0.2) is 42.5 Å². The lowest BCUT2D eigenvalue weighted by molar-refractivity contribution is -0.140. The number of carbonyl (C=O) groups excluding carboxylic acids is 2. The van der Waals surface area contributed by atoms with Crippen LogP contribution < -0.4 is 11.1 Å². The van der Waals surface area contributed by atoms with Crippen LogP contribution in [0.1, 0.15) is 43.4 Å². The summed E-state index contributed by atoms with van der Waals surface area (Å²) < 4.78 is 57.1. The van der Waals surface area contributed by atoms with Gasteiger partial charge < -0.3 is 11.1 Å². The fourth-order valence-electron chi connectivity index (χ4n) is 3.65. The van der Waals surface area contributed by atoms with Crippen molar-refractivity contribution in [1.82, 2.24) is 14.8 Å². The molecule has 0 fully saturated rings. The van der Waals surface area contributed by atoms with Crippen molar-refractivity contribution in [3.05, 3.63) is 87.1 Å². The standard InChI is InChI=1S/C24H15ClF4N6O2/c1-11-19(21(24(27,28)29)34-35(11)10-13-4-2-12(9-30)3-5-13)33-23(37)16-8-18(22(31)36)32-20-15(16)6-14(25)7-17(20)26/h2-8H,10H2,1H3,(H2,31,36)(H,33,37). The zero-order valence-corrected chi connectivity index (χ0v) is 19.6. The monoisotopic (exact) mass is 530 g/mol. The number of nitriles is 1. The molecule has 0 unspecified atom stereocenters. The molecule has 0 aliphatic heterocycles. The molecule has 2 amide bonds. The zero-order chi connectivity index (χ0) is 27.1. The van der Waals surface area contributed by atoms with Crippen molar-refractivity contribution in [2.45, 2.75) is 19.6 Å². The smallest absolute Gasteiger partial charge is 0.364 e. The van der Waals surface area contributed by atoms with Crippen LogP contribution in [0.5, 0.6) is 0 Å². The lowest BCUT2D eigenvalue weighted by Gasteiger charge is -2.12. The van der Waals surface area contributed by atoms with E-state index in [0.717, 1.165) is 16.8 Å². The van der Waals surface area contributed by atoms with Crippen molar-refractivity contribution in [2.24, 2.45) is 5.73 Å². The number of hydrogen-bond donors (Lipinski definition) is 2. The molecule has 0 aliphatic rings. The van der Waals surface area contributed by atoms with Crippen molar-refractivity contribution < 1.29 is 27.2 Å². The number of nitrogens with one attached hydrogen (secondary N) is 1. The Morgan fingerprint density at radius 3 is 2.46 bits per heavy atom. The average Bonchev–Trinajstić information content (AvgIpc) is 3.14. The van der Waals surface area contributed by atoms with Crippen molar-refractivity contribution >= 4 is 40.0 Å². The van der Waals surface area contributed by atoms with Crippen molar-refractivity contribution in [3.8, 4) is 6.07 Å². The number of amides is 2. The van der Waals surface area contributed by atoms with Gasteiger partial charge in [-0.1, -0.05) is 23.7 Å². The maximum atomic E-state index is 14.5. The molecule has 4 aromatic rings. The van der Waals surface area contributed by atoms with E-state index in [2.05, 4.69) is 15.4 Å². The van der Waals surface area contributed by atoms with Gasteiger partial charge in [0.2, 0.25) is 0 Å². The van der Waals surface area contributed by atoms with E-state index in [9.17, 15) is 27.2 Å². The Morgan fingerprint density at radius 1 is 1.19 bits per heavy atom. The van der Waals surface area contributed by atoms with Gasteiger partial charge in [-0.3, -0.25) is 14.3 Å². The molecule has 2 aromatic heterocycles. The van der Waals surface area contributed by atoms with Crippen LogP contribution in [0.3, 0.4) is 0 Å². The molecule has 2 aromatic carbocycles. The first-order valence-electron chi connectivity index (χ1n) is 10.4. The van der Waals surface area contributed by atoms with Gasteiger partial charge in [0.25, 0.3) is 11.8 Å². The van der Waals surface area contributed by atoms with Crippen molar-refractivity contribution in [1.29, 1.82) is 5.26 Å². The summed E-state index contributed by atoms with van der Waals surface area (Å²) in [6.45, 7) is 1.25. The van der Waals surface area contributed by atoms with Gasteiger partial charge in [-0.05, 0) is 42.8 Å². The van der Waals surface area contributed by atoms with Gasteiger partial charge >= 0.3 is 6.18 Å². The summed E-state index contributed by atoms with van der Waals surface area (Å²) in [5.41, 5.74) is 2.93. The maximum Gasteiger partial charge on any atom is 0.437 e. The number of pyridine rings is 1.